The van der Waals surface area contributed by atoms with Gasteiger partial charge in [-0.25, -0.2) is 14.8 Å². The highest BCUT2D eigenvalue weighted by atomic mass is 19.4. The van der Waals surface area contributed by atoms with E-state index in [1.807, 2.05) is 0 Å². The van der Waals surface area contributed by atoms with Crippen LogP contribution in [0.4, 0.5) is 35.2 Å². The lowest BCUT2D eigenvalue weighted by Crippen LogP contribution is -2.20. The van der Waals surface area contributed by atoms with E-state index in [9.17, 15) is 22.8 Å². The first kappa shape index (κ1) is 23.0. The maximum absolute atomic E-state index is 13.1. The predicted octanol–water partition coefficient (Wildman–Crippen LogP) is 5.59. The molecule has 34 heavy (non-hydrogen) atoms. The van der Waals surface area contributed by atoms with E-state index in [0.29, 0.717) is 17.3 Å². The summed E-state index contributed by atoms with van der Waals surface area (Å²) in [6, 6.07) is 10.6. The number of nitrogens with one attached hydrogen (secondary N) is 3. The number of hydrogen-bond acceptors (Lipinski definition) is 5. The molecule has 0 atom stereocenters. The van der Waals surface area contributed by atoms with Crippen molar-refractivity contribution in [3.05, 3.63) is 66.0 Å². The summed E-state index contributed by atoms with van der Waals surface area (Å²) in [6.07, 6.45) is -1.49. The molecule has 3 N–H and O–H groups in total. The van der Waals surface area contributed by atoms with Gasteiger partial charge in [0.1, 0.15) is 17.9 Å². The van der Waals surface area contributed by atoms with Gasteiger partial charge in [0.15, 0.2) is 0 Å². The number of benzene rings is 2. The van der Waals surface area contributed by atoms with Crippen LogP contribution >= 0.6 is 0 Å². The Kier molecular flexibility index (Phi) is 6.35. The highest BCUT2D eigenvalue weighted by Crippen LogP contribution is 2.33. The normalized spacial score (nSPS) is 13.2. The van der Waals surface area contributed by atoms with Crippen molar-refractivity contribution < 1.29 is 27.5 Å². The summed E-state index contributed by atoms with van der Waals surface area (Å²) in [6.45, 7) is 1.35. The Bertz CT molecular complexity index is 1210. The standard InChI is InChI=1S/C23H20F3N5O3/c1-13-2-5-16(10-18(13)23(24,25)26)30-22(33)29-15-6-8-17(9-7-15)34-20-11-19(27-12-28-20)31-21(32)14-3-4-14/h2,5-12,14H,3-4H2,1H3,(H2,29,30,33)(H,27,28,31,32). The van der Waals surface area contributed by atoms with Gasteiger partial charge < -0.3 is 20.7 Å². The summed E-state index contributed by atoms with van der Waals surface area (Å²) < 4.78 is 44.8. The average molecular weight is 471 g/mol. The monoisotopic (exact) mass is 471 g/mol. The maximum atomic E-state index is 13.1. The fourth-order valence-corrected chi connectivity index (χ4v) is 3.06. The molecule has 0 bridgehead atoms. The number of urea groups is 1. The number of hydrogen-bond donors (Lipinski definition) is 3. The van der Waals surface area contributed by atoms with E-state index < -0.39 is 17.8 Å². The van der Waals surface area contributed by atoms with Crippen molar-refractivity contribution in [1.82, 2.24) is 9.97 Å². The summed E-state index contributed by atoms with van der Waals surface area (Å²) in [4.78, 5) is 32.1. The summed E-state index contributed by atoms with van der Waals surface area (Å²) in [5, 5.41) is 7.64. The van der Waals surface area contributed by atoms with Crippen molar-refractivity contribution in [3.8, 4) is 11.6 Å². The highest BCUT2D eigenvalue weighted by Gasteiger charge is 2.32. The lowest BCUT2D eigenvalue weighted by Gasteiger charge is -2.13. The molecule has 4 rings (SSSR count). The van der Waals surface area contributed by atoms with E-state index in [1.165, 1.54) is 31.5 Å². The van der Waals surface area contributed by atoms with E-state index >= 15 is 0 Å². The number of aryl methyl sites for hydroxylation is 1. The number of nitrogens with zero attached hydrogens (tertiary/aromatic N) is 2. The van der Waals surface area contributed by atoms with Crippen LogP contribution in [0.15, 0.2) is 54.9 Å². The van der Waals surface area contributed by atoms with Gasteiger partial charge in [-0.05, 0) is 61.7 Å². The Hall–Kier alpha value is -4.15. The first-order chi connectivity index (χ1) is 16.2. The second-order valence-electron chi connectivity index (χ2n) is 7.74. The van der Waals surface area contributed by atoms with Gasteiger partial charge in [0.05, 0.1) is 5.56 Å². The molecule has 11 heteroatoms. The van der Waals surface area contributed by atoms with Crippen LogP contribution in [-0.2, 0) is 11.0 Å². The first-order valence-corrected chi connectivity index (χ1v) is 10.3. The van der Waals surface area contributed by atoms with Crippen LogP contribution in [0.2, 0.25) is 0 Å². The van der Waals surface area contributed by atoms with Crippen LogP contribution in [0.1, 0.15) is 24.0 Å². The molecule has 3 aromatic rings. The minimum Gasteiger partial charge on any atom is -0.439 e. The molecule has 0 saturated heterocycles. The minimum absolute atomic E-state index is 0.0173. The van der Waals surface area contributed by atoms with Crippen molar-refractivity contribution in [3.63, 3.8) is 0 Å². The molecular formula is C23H20F3N5O3. The summed E-state index contributed by atoms with van der Waals surface area (Å²) >= 11 is 0. The number of rotatable bonds is 6. The molecule has 1 aromatic heterocycles. The van der Waals surface area contributed by atoms with Crippen molar-refractivity contribution in [2.75, 3.05) is 16.0 Å². The SMILES string of the molecule is Cc1ccc(NC(=O)Nc2ccc(Oc3cc(NC(=O)C4CC4)ncn3)cc2)cc1C(F)(F)F. The zero-order valence-corrected chi connectivity index (χ0v) is 17.9. The molecule has 1 aliphatic rings. The van der Waals surface area contributed by atoms with Crippen LogP contribution in [0.3, 0.4) is 0 Å². The van der Waals surface area contributed by atoms with Crippen molar-refractivity contribution >= 4 is 29.1 Å². The topological polar surface area (TPSA) is 105 Å². The number of ether oxygens (including phenoxy) is 1. The number of alkyl halides is 3. The number of halogens is 3. The molecule has 176 valence electrons. The third kappa shape index (κ3) is 6.00. The number of carbonyl (C=O) groups excluding carboxylic acids is 2. The average Bonchev–Trinajstić information content (AvgIpc) is 3.62. The highest BCUT2D eigenvalue weighted by molar-refractivity contribution is 5.99. The molecule has 2 aromatic carbocycles. The molecule has 0 aliphatic heterocycles. The number of amides is 3. The number of anilines is 3. The number of aromatic nitrogens is 2. The van der Waals surface area contributed by atoms with Crippen LogP contribution in [0.25, 0.3) is 0 Å². The Morgan fingerprint density at radius 1 is 0.941 bits per heavy atom. The first-order valence-electron chi connectivity index (χ1n) is 10.3. The zero-order valence-electron chi connectivity index (χ0n) is 17.9. The van der Waals surface area contributed by atoms with E-state index in [2.05, 4.69) is 25.9 Å². The fourth-order valence-electron chi connectivity index (χ4n) is 3.06. The van der Waals surface area contributed by atoms with Gasteiger partial charge >= 0.3 is 12.2 Å². The van der Waals surface area contributed by atoms with Crippen LogP contribution in [-0.4, -0.2) is 21.9 Å². The Balaban J connectivity index is 1.34. The van der Waals surface area contributed by atoms with Crippen molar-refractivity contribution in [2.45, 2.75) is 25.9 Å². The van der Waals surface area contributed by atoms with Crippen molar-refractivity contribution in [1.29, 1.82) is 0 Å². The molecule has 8 nitrogen and oxygen atoms in total. The van der Waals surface area contributed by atoms with E-state index in [1.54, 1.807) is 24.3 Å². The quantitative estimate of drug-likeness (QED) is 0.435. The minimum atomic E-state index is -4.51. The van der Waals surface area contributed by atoms with E-state index in [-0.39, 0.29) is 29.0 Å². The molecule has 0 unspecified atom stereocenters. The molecule has 1 fully saturated rings. The van der Waals surface area contributed by atoms with Crippen LogP contribution in [0.5, 0.6) is 11.6 Å². The Morgan fingerprint density at radius 3 is 2.29 bits per heavy atom. The number of carbonyl (C=O) groups is 2. The molecular weight excluding hydrogens is 451 g/mol. The third-order valence-corrected chi connectivity index (χ3v) is 4.98. The maximum Gasteiger partial charge on any atom is 0.416 e. The fraction of sp³-hybridized carbons (Fsp3) is 0.217. The zero-order chi connectivity index (χ0) is 24.3. The van der Waals surface area contributed by atoms with E-state index in [4.69, 9.17) is 4.74 Å². The van der Waals surface area contributed by atoms with Gasteiger partial charge in [-0.2, -0.15) is 13.2 Å². The molecule has 3 amide bonds. The molecule has 1 heterocycles. The third-order valence-electron chi connectivity index (χ3n) is 4.98. The lowest BCUT2D eigenvalue weighted by atomic mass is 10.1. The molecule has 0 spiro atoms. The van der Waals surface area contributed by atoms with Crippen molar-refractivity contribution in [2.24, 2.45) is 5.92 Å². The van der Waals surface area contributed by atoms with Gasteiger partial charge in [0, 0.05) is 23.4 Å². The Morgan fingerprint density at radius 2 is 1.62 bits per heavy atom. The van der Waals surface area contributed by atoms with Gasteiger partial charge in [-0.3, -0.25) is 4.79 Å². The summed E-state index contributed by atoms with van der Waals surface area (Å²) in [5.41, 5.74) is -0.335. The van der Waals surface area contributed by atoms with Crippen LogP contribution in [0, 0.1) is 12.8 Å². The predicted molar refractivity (Wildman–Crippen MR) is 119 cm³/mol. The molecule has 1 saturated carbocycles. The van der Waals surface area contributed by atoms with Gasteiger partial charge in [-0.1, -0.05) is 6.07 Å². The van der Waals surface area contributed by atoms with Gasteiger partial charge in [-0.15, -0.1) is 0 Å². The summed E-state index contributed by atoms with van der Waals surface area (Å²) in [5.74, 6) is 0.923. The Labute approximate surface area is 192 Å². The molecule has 0 radical (unpaired) electrons. The van der Waals surface area contributed by atoms with Gasteiger partial charge in [0.2, 0.25) is 11.8 Å². The second-order valence-corrected chi connectivity index (χ2v) is 7.74. The van der Waals surface area contributed by atoms with Gasteiger partial charge in [0.25, 0.3) is 0 Å². The van der Waals surface area contributed by atoms with Crippen LogP contribution < -0.4 is 20.7 Å². The largest absolute Gasteiger partial charge is 0.439 e. The van der Waals surface area contributed by atoms with E-state index in [0.717, 1.165) is 18.9 Å². The molecule has 1 aliphatic carbocycles. The summed E-state index contributed by atoms with van der Waals surface area (Å²) in [7, 11) is 0. The lowest BCUT2D eigenvalue weighted by molar-refractivity contribution is -0.138. The smallest absolute Gasteiger partial charge is 0.416 e. The second kappa shape index (κ2) is 9.38.